The molecule has 0 N–H and O–H groups in total. The molecule has 0 saturated carbocycles. The van der Waals surface area contributed by atoms with Gasteiger partial charge in [-0.05, 0) is 0 Å². The molecule has 0 aliphatic heterocycles. The van der Waals surface area contributed by atoms with Gasteiger partial charge in [-0.3, -0.25) is 0 Å². The molecule has 0 heterocycles. The van der Waals surface area contributed by atoms with Crippen LogP contribution in [0, 0.1) is 0 Å². The van der Waals surface area contributed by atoms with Crippen LogP contribution in [0.25, 0.3) is 0 Å². The van der Waals surface area contributed by atoms with Crippen molar-refractivity contribution in [3.63, 3.8) is 0 Å². The van der Waals surface area contributed by atoms with E-state index >= 15 is 0 Å². The Labute approximate surface area is 114 Å². The van der Waals surface area contributed by atoms with Crippen molar-refractivity contribution in [2.45, 2.75) is 6.92 Å². The van der Waals surface area contributed by atoms with Gasteiger partial charge in [0.15, 0.2) is 0 Å². The van der Waals surface area contributed by atoms with Crippen molar-refractivity contribution < 1.29 is 9.32 Å². The fraction of sp³-hybridized carbons (Fsp3) is 0.188. The minimum absolute atomic E-state index is 0.240. The van der Waals surface area contributed by atoms with Crippen molar-refractivity contribution in [1.29, 1.82) is 0 Å². The summed E-state index contributed by atoms with van der Waals surface area (Å²) < 4.78 is 5.89. The van der Waals surface area contributed by atoms with E-state index in [2.05, 4.69) is 13.3 Å². The van der Waals surface area contributed by atoms with E-state index in [4.69, 9.17) is 4.52 Å². The first-order valence-electron chi connectivity index (χ1n) is 6.25. The van der Waals surface area contributed by atoms with Crippen molar-refractivity contribution in [2.24, 2.45) is 0 Å². The summed E-state index contributed by atoms with van der Waals surface area (Å²) in [4.78, 5) is 11.6. The summed E-state index contributed by atoms with van der Waals surface area (Å²) in [7, 11) is 0. The average molecular weight is 274 g/mol. The molecule has 0 fully saturated rings. The van der Waals surface area contributed by atoms with Crippen LogP contribution in [0.15, 0.2) is 60.7 Å². The molecule has 2 nitrogen and oxygen atoms in total. The Hall–Kier alpha value is -1.66. The minimum atomic E-state index is -2.90. The van der Waals surface area contributed by atoms with E-state index in [-0.39, 0.29) is 5.97 Å². The predicted octanol–water partition coefficient (Wildman–Crippen LogP) is 2.93. The number of rotatable bonds is 3. The summed E-state index contributed by atoms with van der Waals surface area (Å²) >= 11 is 0. The molecule has 0 saturated heterocycles. The molecule has 2 aromatic rings. The Kier molecular flexibility index (Phi) is 3.47. The fourth-order valence-corrected chi connectivity index (χ4v) is 5.72. The second-order valence-electron chi connectivity index (χ2n) is 5.26. The van der Waals surface area contributed by atoms with Gasteiger partial charge in [0.05, 0.1) is 0 Å². The summed E-state index contributed by atoms with van der Waals surface area (Å²) in [5.41, 5.74) is 0. The Morgan fingerprint density at radius 3 is 1.53 bits per heavy atom. The summed E-state index contributed by atoms with van der Waals surface area (Å²) in [5, 5.41) is 2.16. The first-order chi connectivity index (χ1) is 8.92. The molecule has 0 aliphatic carbocycles. The van der Waals surface area contributed by atoms with Gasteiger partial charge in [-0.15, -0.1) is 0 Å². The number of carbonyl (C=O) groups excluding carboxylic acids is 1. The van der Waals surface area contributed by atoms with Crippen LogP contribution in [-0.2, 0) is 9.32 Å². The van der Waals surface area contributed by atoms with E-state index in [0.717, 1.165) is 10.6 Å². The van der Waals surface area contributed by atoms with Crippen LogP contribution >= 0.6 is 6.83 Å². The Balaban J connectivity index is 2.67. The van der Waals surface area contributed by atoms with Gasteiger partial charge < -0.3 is 0 Å². The molecule has 0 unspecified atom stereocenters. The fourth-order valence-electron chi connectivity index (χ4n) is 2.36. The predicted molar refractivity (Wildman–Crippen MR) is 82.7 cm³/mol. The summed E-state index contributed by atoms with van der Waals surface area (Å²) in [6.07, 6.45) is 0. The average Bonchev–Trinajstić information content (AvgIpc) is 2.40. The van der Waals surface area contributed by atoms with Crippen LogP contribution in [-0.4, -0.2) is 19.3 Å². The molecule has 2 aromatic carbocycles. The van der Waals surface area contributed by atoms with Crippen LogP contribution in [0.3, 0.4) is 0 Å². The van der Waals surface area contributed by atoms with Gasteiger partial charge in [0, 0.05) is 0 Å². The number of hydrogen-bond acceptors (Lipinski definition) is 2. The molecular formula is C16H19O2P. The zero-order chi connectivity index (χ0) is 14.0. The molecule has 0 bridgehead atoms. The maximum atomic E-state index is 11.6. The molecule has 100 valence electrons. The van der Waals surface area contributed by atoms with Crippen molar-refractivity contribution in [3.8, 4) is 0 Å². The first-order valence-corrected chi connectivity index (χ1v) is 9.30. The third-order valence-corrected chi connectivity index (χ3v) is 7.82. The van der Waals surface area contributed by atoms with Gasteiger partial charge in [0.2, 0.25) is 0 Å². The SMILES string of the molecule is CC(=O)OP(C)(C)(c1ccccc1)c1ccccc1. The summed E-state index contributed by atoms with van der Waals surface area (Å²) in [6.45, 7) is 2.70. The molecule has 0 spiro atoms. The van der Waals surface area contributed by atoms with E-state index in [0.29, 0.717) is 0 Å². The molecule has 2 rings (SSSR count). The Morgan fingerprint density at radius 1 is 0.842 bits per heavy atom. The van der Waals surface area contributed by atoms with Crippen LogP contribution in [0.5, 0.6) is 0 Å². The van der Waals surface area contributed by atoms with E-state index in [1.807, 2.05) is 60.7 Å². The number of hydrogen-bond donors (Lipinski definition) is 0. The van der Waals surface area contributed by atoms with Crippen molar-refractivity contribution in [2.75, 3.05) is 13.3 Å². The van der Waals surface area contributed by atoms with E-state index in [9.17, 15) is 4.79 Å². The molecule has 0 aliphatic rings. The quantitative estimate of drug-likeness (QED) is 0.804. The summed E-state index contributed by atoms with van der Waals surface area (Å²) in [5.74, 6) is -0.240. The third kappa shape index (κ3) is 2.54. The zero-order valence-electron chi connectivity index (χ0n) is 11.5. The van der Waals surface area contributed by atoms with Crippen LogP contribution in [0.1, 0.15) is 6.92 Å². The first kappa shape index (κ1) is 13.8. The van der Waals surface area contributed by atoms with Gasteiger partial charge in [-0.2, -0.15) is 0 Å². The molecule has 0 aromatic heterocycles. The van der Waals surface area contributed by atoms with Crippen molar-refractivity contribution in [3.05, 3.63) is 60.7 Å². The molecule has 0 atom stereocenters. The van der Waals surface area contributed by atoms with E-state index in [1.165, 1.54) is 6.92 Å². The maximum absolute atomic E-state index is 11.6. The molecule has 0 radical (unpaired) electrons. The van der Waals surface area contributed by atoms with Crippen molar-refractivity contribution >= 4 is 23.4 Å². The molecule has 3 heteroatoms. The second-order valence-corrected chi connectivity index (χ2v) is 10.5. The third-order valence-electron chi connectivity index (χ3n) is 3.42. The van der Waals surface area contributed by atoms with Crippen molar-refractivity contribution in [1.82, 2.24) is 0 Å². The number of carbonyl (C=O) groups is 1. The zero-order valence-corrected chi connectivity index (χ0v) is 12.4. The van der Waals surface area contributed by atoms with E-state index in [1.54, 1.807) is 0 Å². The van der Waals surface area contributed by atoms with E-state index < -0.39 is 6.83 Å². The molecular weight excluding hydrogens is 255 g/mol. The van der Waals surface area contributed by atoms with Crippen LogP contribution in [0.2, 0.25) is 0 Å². The second kappa shape index (κ2) is 4.79. The van der Waals surface area contributed by atoms with Gasteiger partial charge in [-0.25, -0.2) is 0 Å². The molecule has 19 heavy (non-hydrogen) atoms. The normalized spacial score (nSPS) is 13.3. The Morgan fingerprint density at radius 2 is 1.21 bits per heavy atom. The topological polar surface area (TPSA) is 26.3 Å². The van der Waals surface area contributed by atoms with Gasteiger partial charge in [0.1, 0.15) is 0 Å². The monoisotopic (exact) mass is 274 g/mol. The Bertz CT molecular complexity index is 533. The van der Waals surface area contributed by atoms with Gasteiger partial charge >= 0.3 is 114 Å². The summed E-state index contributed by atoms with van der Waals surface area (Å²) in [6, 6.07) is 20.0. The number of benzene rings is 2. The molecule has 0 amide bonds. The van der Waals surface area contributed by atoms with Gasteiger partial charge in [0.25, 0.3) is 0 Å². The van der Waals surface area contributed by atoms with Crippen LogP contribution in [0.4, 0.5) is 0 Å². The van der Waals surface area contributed by atoms with Gasteiger partial charge in [-0.1, -0.05) is 0 Å². The standard InChI is InChI=1S/C16H19O2P/c1-14(17)18-19(2,3,15-10-6-4-7-11-15)16-12-8-5-9-13-16/h4-13H,1-3H3. The van der Waals surface area contributed by atoms with Crippen LogP contribution < -0.4 is 10.6 Å².